The summed E-state index contributed by atoms with van der Waals surface area (Å²) in [5.74, 6) is 3.13. The normalized spacial score (nSPS) is 20.5. The monoisotopic (exact) mass is 187 g/mol. The van der Waals surface area contributed by atoms with Gasteiger partial charge in [-0.25, -0.2) is 0 Å². The Morgan fingerprint density at radius 2 is 2.25 bits per heavy atom. The van der Waals surface area contributed by atoms with Crippen molar-refractivity contribution >= 4 is 11.8 Å². The molecule has 0 aromatic rings. The average Bonchev–Trinajstić information content (AvgIpc) is 1.95. The van der Waals surface area contributed by atoms with E-state index in [-0.39, 0.29) is 0 Å². The van der Waals surface area contributed by atoms with Crippen LogP contribution in [0.1, 0.15) is 26.2 Å². The number of nitrogens with one attached hydrogen (secondary N) is 1. The Bertz CT molecular complexity index is 112. The second-order valence-corrected chi connectivity index (χ2v) is 4.93. The van der Waals surface area contributed by atoms with E-state index in [1.807, 2.05) is 11.8 Å². The third-order valence-corrected chi connectivity index (χ3v) is 3.50. The summed E-state index contributed by atoms with van der Waals surface area (Å²) in [5, 5.41) is 3.56. The van der Waals surface area contributed by atoms with Crippen molar-refractivity contribution in [3.8, 4) is 0 Å². The molecule has 0 spiro atoms. The van der Waals surface area contributed by atoms with Gasteiger partial charge in [0.05, 0.1) is 0 Å². The molecule has 1 aliphatic carbocycles. The predicted octanol–water partition coefficient (Wildman–Crippen LogP) is 2.38. The Kier molecular flexibility index (Phi) is 5.08. The second kappa shape index (κ2) is 5.87. The maximum absolute atomic E-state index is 3.56. The molecule has 1 nitrogen and oxygen atoms in total. The third kappa shape index (κ3) is 3.81. The SMILES string of the molecule is CSCC(C)CNCC1CCC1. The Balaban J connectivity index is 1.86. The average molecular weight is 187 g/mol. The van der Waals surface area contributed by atoms with Gasteiger partial charge in [-0.1, -0.05) is 13.3 Å². The molecule has 0 aliphatic heterocycles. The highest BCUT2D eigenvalue weighted by molar-refractivity contribution is 7.98. The molecule has 1 aliphatic rings. The molecule has 1 atom stereocenters. The minimum atomic E-state index is 0.833. The van der Waals surface area contributed by atoms with Crippen molar-refractivity contribution in [3.63, 3.8) is 0 Å². The molecule has 1 fully saturated rings. The number of hydrogen-bond acceptors (Lipinski definition) is 2. The molecule has 1 saturated carbocycles. The van der Waals surface area contributed by atoms with Crippen LogP contribution in [0.15, 0.2) is 0 Å². The number of rotatable bonds is 6. The van der Waals surface area contributed by atoms with E-state index in [0.717, 1.165) is 11.8 Å². The zero-order valence-corrected chi connectivity index (χ0v) is 9.12. The fraction of sp³-hybridized carbons (Fsp3) is 1.00. The molecule has 0 bridgehead atoms. The van der Waals surface area contributed by atoms with Gasteiger partial charge in [0.2, 0.25) is 0 Å². The molecule has 1 N–H and O–H groups in total. The van der Waals surface area contributed by atoms with Gasteiger partial charge < -0.3 is 5.32 Å². The van der Waals surface area contributed by atoms with E-state index >= 15 is 0 Å². The number of hydrogen-bond donors (Lipinski definition) is 1. The Hall–Kier alpha value is 0.310. The molecule has 0 saturated heterocycles. The molecule has 12 heavy (non-hydrogen) atoms. The summed E-state index contributed by atoms with van der Waals surface area (Å²) < 4.78 is 0. The van der Waals surface area contributed by atoms with Gasteiger partial charge in [-0.05, 0) is 49.8 Å². The van der Waals surface area contributed by atoms with Crippen LogP contribution in [-0.4, -0.2) is 25.1 Å². The van der Waals surface area contributed by atoms with Crippen LogP contribution in [0.4, 0.5) is 0 Å². The van der Waals surface area contributed by atoms with Crippen LogP contribution in [0.3, 0.4) is 0 Å². The summed E-state index contributed by atoms with van der Waals surface area (Å²) in [6.45, 7) is 4.79. The molecule has 0 aromatic heterocycles. The van der Waals surface area contributed by atoms with Gasteiger partial charge in [-0.2, -0.15) is 11.8 Å². The highest BCUT2D eigenvalue weighted by Crippen LogP contribution is 2.25. The maximum atomic E-state index is 3.56. The van der Waals surface area contributed by atoms with Crippen molar-refractivity contribution in [1.82, 2.24) is 5.32 Å². The maximum Gasteiger partial charge on any atom is -0.00152 e. The molecule has 0 radical (unpaired) electrons. The first-order chi connectivity index (χ1) is 5.83. The number of thioether (sulfide) groups is 1. The van der Waals surface area contributed by atoms with Crippen molar-refractivity contribution < 1.29 is 0 Å². The van der Waals surface area contributed by atoms with Crippen molar-refractivity contribution in [2.75, 3.05) is 25.1 Å². The second-order valence-electron chi connectivity index (χ2n) is 4.02. The molecule has 1 unspecified atom stereocenters. The van der Waals surface area contributed by atoms with Crippen LogP contribution in [0.2, 0.25) is 0 Å². The van der Waals surface area contributed by atoms with Crippen LogP contribution in [0.5, 0.6) is 0 Å². The quantitative estimate of drug-likeness (QED) is 0.685. The fourth-order valence-electron chi connectivity index (χ4n) is 1.57. The van der Waals surface area contributed by atoms with Crippen LogP contribution >= 0.6 is 11.8 Å². The van der Waals surface area contributed by atoms with Crippen molar-refractivity contribution in [2.45, 2.75) is 26.2 Å². The zero-order valence-electron chi connectivity index (χ0n) is 8.31. The molecular weight excluding hydrogens is 166 g/mol. The standard InChI is InChI=1S/C10H21NS/c1-9(8-12-2)6-11-7-10-4-3-5-10/h9-11H,3-8H2,1-2H3. The highest BCUT2D eigenvalue weighted by atomic mass is 32.2. The summed E-state index contributed by atoms with van der Waals surface area (Å²) in [6, 6.07) is 0. The first kappa shape index (κ1) is 10.4. The van der Waals surface area contributed by atoms with Gasteiger partial charge in [0.25, 0.3) is 0 Å². The van der Waals surface area contributed by atoms with Gasteiger partial charge in [-0.3, -0.25) is 0 Å². The minimum absolute atomic E-state index is 0.833. The van der Waals surface area contributed by atoms with E-state index in [0.29, 0.717) is 0 Å². The van der Waals surface area contributed by atoms with Crippen molar-refractivity contribution in [3.05, 3.63) is 0 Å². The summed E-state index contributed by atoms with van der Waals surface area (Å²) in [6.07, 6.45) is 6.57. The summed E-state index contributed by atoms with van der Waals surface area (Å²) in [7, 11) is 0. The molecule has 0 heterocycles. The third-order valence-electron chi connectivity index (χ3n) is 2.60. The van der Waals surface area contributed by atoms with Crippen molar-refractivity contribution in [2.24, 2.45) is 11.8 Å². The predicted molar refractivity (Wildman–Crippen MR) is 57.8 cm³/mol. The van der Waals surface area contributed by atoms with Gasteiger partial charge >= 0.3 is 0 Å². The smallest absolute Gasteiger partial charge is 0.00152 e. The Morgan fingerprint density at radius 1 is 1.50 bits per heavy atom. The lowest BCUT2D eigenvalue weighted by Gasteiger charge is -2.26. The molecule has 72 valence electrons. The van der Waals surface area contributed by atoms with E-state index in [1.165, 1.54) is 38.1 Å². The first-order valence-electron chi connectivity index (χ1n) is 5.02. The molecule has 0 aromatic carbocycles. The van der Waals surface area contributed by atoms with Gasteiger partial charge in [0.15, 0.2) is 0 Å². The first-order valence-corrected chi connectivity index (χ1v) is 6.42. The van der Waals surface area contributed by atoms with E-state index in [4.69, 9.17) is 0 Å². The van der Waals surface area contributed by atoms with Gasteiger partial charge in [0, 0.05) is 0 Å². The molecule has 1 rings (SSSR count). The molecule has 2 heteroatoms. The van der Waals surface area contributed by atoms with Gasteiger partial charge in [0.1, 0.15) is 0 Å². The van der Waals surface area contributed by atoms with Gasteiger partial charge in [-0.15, -0.1) is 0 Å². The molecular formula is C10H21NS. The molecule has 0 amide bonds. The topological polar surface area (TPSA) is 12.0 Å². The van der Waals surface area contributed by atoms with Crippen molar-refractivity contribution in [1.29, 1.82) is 0 Å². The lowest BCUT2D eigenvalue weighted by Crippen LogP contribution is -2.30. The van der Waals surface area contributed by atoms with Crippen LogP contribution in [-0.2, 0) is 0 Å². The van der Waals surface area contributed by atoms with E-state index in [1.54, 1.807) is 0 Å². The Labute approximate surface area is 80.7 Å². The van der Waals surface area contributed by atoms with Crippen LogP contribution < -0.4 is 5.32 Å². The summed E-state index contributed by atoms with van der Waals surface area (Å²) in [4.78, 5) is 0. The minimum Gasteiger partial charge on any atom is -0.316 e. The summed E-state index contributed by atoms with van der Waals surface area (Å²) >= 11 is 1.95. The fourth-order valence-corrected chi connectivity index (χ4v) is 2.26. The largest absolute Gasteiger partial charge is 0.316 e. The Morgan fingerprint density at radius 3 is 2.75 bits per heavy atom. The lowest BCUT2D eigenvalue weighted by atomic mass is 9.85. The lowest BCUT2D eigenvalue weighted by molar-refractivity contribution is 0.298. The van der Waals surface area contributed by atoms with E-state index < -0.39 is 0 Å². The van der Waals surface area contributed by atoms with E-state index in [2.05, 4.69) is 18.5 Å². The van der Waals surface area contributed by atoms with Crippen LogP contribution in [0, 0.1) is 11.8 Å². The highest BCUT2D eigenvalue weighted by Gasteiger charge is 2.16. The summed E-state index contributed by atoms with van der Waals surface area (Å²) in [5.41, 5.74) is 0. The van der Waals surface area contributed by atoms with E-state index in [9.17, 15) is 0 Å². The van der Waals surface area contributed by atoms with Crippen LogP contribution in [0.25, 0.3) is 0 Å². The zero-order chi connectivity index (χ0) is 8.81.